The van der Waals surface area contributed by atoms with E-state index in [1.54, 1.807) is 25.3 Å². The summed E-state index contributed by atoms with van der Waals surface area (Å²) in [6.07, 6.45) is 3.04. The number of ether oxygens (including phenoxy) is 1. The molecule has 0 saturated heterocycles. The molecule has 9 heteroatoms. The first-order valence-electron chi connectivity index (χ1n) is 7.39. The van der Waals surface area contributed by atoms with Gasteiger partial charge in [0, 0.05) is 11.6 Å². The van der Waals surface area contributed by atoms with Crippen LogP contribution in [0.25, 0.3) is 5.82 Å². The molecular formula is C16H15N5O3S. The van der Waals surface area contributed by atoms with E-state index in [9.17, 15) is 9.59 Å². The van der Waals surface area contributed by atoms with Crippen molar-refractivity contribution in [3.63, 3.8) is 0 Å². The van der Waals surface area contributed by atoms with Gasteiger partial charge in [-0.05, 0) is 26.0 Å². The minimum Gasteiger partial charge on any atom is -0.452 e. The molecule has 3 aromatic rings. The Morgan fingerprint density at radius 1 is 1.32 bits per heavy atom. The summed E-state index contributed by atoms with van der Waals surface area (Å²) in [6, 6.07) is 5.39. The van der Waals surface area contributed by atoms with E-state index in [-0.39, 0.29) is 5.56 Å². The average Bonchev–Trinajstić information content (AvgIpc) is 3.19. The minimum absolute atomic E-state index is 0.281. The third kappa shape index (κ3) is 3.89. The normalized spacial score (nSPS) is 10.5. The second-order valence-corrected chi connectivity index (χ2v) is 6.02. The number of carbonyl (C=O) groups is 2. The molecule has 0 spiro atoms. The largest absolute Gasteiger partial charge is 0.452 e. The van der Waals surface area contributed by atoms with Crippen LogP contribution in [0.4, 0.5) is 5.13 Å². The van der Waals surface area contributed by atoms with Crippen LogP contribution < -0.4 is 5.32 Å². The van der Waals surface area contributed by atoms with Crippen LogP contribution in [0.15, 0.2) is 36.0 Å². The molecule has 0 fully saturated rings. The summed E-state index contributed by atoms with van der Waals surface area (Å²) in [5.74, 6) is -0.474. The molecule has 128 valence electrons. The first-order chi connectivity index (χ1) is 12.0. The maximum Gasteiger partial charge on any atom is 0.342 e. The van der Waals surface area contributed by atoms with Gasteiger partial charge in [0.15, 0.2) is 17.6 Å². The summed E-state index contributed by atoms with van der Waals surface area (Å²) in [5, 5.41) is 9.01. The molecule has 0 atom stereocenters. The second-order valence-electron chi connectivity index (χ2n) is 5.16. The SMILES string of the molecule is Cc1csc(NC(=O)COC(=O)c2cnn(-c3ccccn3)c2C)n1. The lowest BCUT2D eigenvalue weighted by molar-refractivity contribution is -0.119. The number of pyridine rings is 1. The van der Waals surface area contributed by atoms with Crippen molar-refractivity contribution in [2.24, 2.45) is 0 Å². The van der Waals surface area contributed by atoms with Crippen LogP contribution >= 0.6 is 11.3 Å². The van der Waals surface area contributed by atoms with Gasteiger partial charge in [-0.3, -0.25) is 10.1 Å². The zero-order valence-corrected chi connectivity index (χ0v) is 14.4. The van der Waals surface area contributed by atoms with E-state index < -0.39 is 18.5 Å². The number of hydrogen-bond acceptors (Lipinski definition) is 7. The monoisotopic (exact) mass is 357 g/mol. The van der Waals surface area contributed by atoms with Gasteiger partial charge in [-0.2, -0.15) is 5.10 Å². The third-order valence-electron chi connectivity index (χ3n) is 3.30. The number of nitrogens with zero attached hydrogens (tertiary/aromatic N) is 4. The molecule has 0 aliphatic rings. The lowest BCUT2D eigenvalue weighted by atomic mass is 10.2. The number of anilines is 1. The van der Waals surface area contributed by atoms with E-state index in [4.69, 9.17) is 4.74 Å². The van der Waals surface area contributed by atoms with Crippen LogP contribution in [-0.2, 0) is 9.53 Å². The van der Waals surface area contributed by atoms with Gasteiger partial charge in [-0.1, -0.05) is 6.07 Å². The Hall–Kier alpha value is -3.07. The summed E-state index contributed by atoms with van der Waals surface area (Å²) in [4.78, 5) is 32.3. The predicted molar refractivity (Wildman–Crippen MR) is 91.9 cm³/mol. The molecule has 0 bridgehead atoms. The lowest BCUT2D eigenvalue weighted by Crippen LogP contribution is -2.21. The molecule has 0 aliphatic heterocycles. The summed E-state index contributed by atoms with van der Waals surface area (Å²) in [5.41, 5.74) is 1.68. The van der Waals surface area contributed by atoms with Gasteiger partial charge in [-0.15, -0.1) is 11.3 Å². The van der Waals surface area contributed by atoms with E-state index in [1.807, 2.05) is 18.4 Å². The van der Waals surface area contributed by atoms with Gasteiger partial charge in [0.2, 0.25) is 0 Å². The number of carbonyl (C=O) groups excluding carboxylic acids is 2. The quantitative estimate of drug-likeness (QED) is 0.702. The molecule has 25 heavy (non-hydrogen) atoms. The van der Waals surface area contributed by atoms with E-state index >= 15 is 0 Å². The van der Waals surface area contributed by atoms with E-state index in [0.717, 1.165) is 5.69 Å². The van der Waals surface area contributed by atoms with Gasteiger partial charge in [0.05, 0.1) is 17.6 Å². The highest BCUT2D eigenvalue weighted by Gasteiger charge is 2.18. The molecular weight excluding hydrogens is 342 g/mol. The second kappa shape index (κ2) is 7.22. The van der Waals surface area contributed by atoms with Gasteiger partial charge in [0.1, 0.15) is 5.56 Å². The molecule has 0 unspecified atom stereocenters. The number of aromatic nitrogens is 4. The van der Waals surface area contributed by atoms with Crippen LogP contribution in [0, 0.1) is 13.8 Å². The average molecular weight is 357 g/mol. The Bertz CT molecular complexity index is 904. The number of rotatable bonds is 5. The topological polar surface area (TPSA) is 99.0 Å². The van der Waals surface area contributed by atoms with Gasteiger partial charge >= 0.3 is 5.97 Å². The van der Waals surface area contributed by atoms with Crippen molar-refractivity contribution in [1.82, 2.24) is 19.7 Å². The molecule has 0 aliphatic carbocycles. The minimum atomic E-state index is -0.620. The van der Waals surface area contributed by atoms with Crippen LogP contribution in [0.2, 0.25) is 0 Å². The number of thiazole rings is 1. The zero-order chi connectivity index (χ0) is 17.8. The Labute approximate surface area is 147 Å². The number of amides is 1. The zero-order valence-electron chi connectivity index (χ0n) is 13.6. The summed E-state index contributed by atoms with van der Waals surface area (Å²) >= 11 is 1.31. The fourth-order valence-electron chi connectivity index (χ4n) is 2.10. The number of esters is 1. The fraction of sp³-hybridized carbons (Fsp3) is 0.188. The molecule has 0 aromatic carbocycles. The van der Waals surface area contributed by atoms with E-state index in [1.165, 1.54) is 22.2 Å². The van der Waals surface area contributed by atoms with Gasteiger partial charge < -0.3 is 4.74 Å². The van der Waals surface area contributed by atoms with Crippen LogP contribution in [0.3, 0.4) is 0 Å². The number of hydrogen-bond donors (Lipinski definition) is 1. The first-order valence-corrected chi connectivity index (χ1v) is 8.27. The Kier molecular flexibility index (Phi) is 4.85. The van der Waals surface area contributed by atoms with Crippen molar-refractivity contribution in [3.8, 4) is 5.82 Å². The maximum absolute atomic E-state index is 12.2. The lowest BCUT2D eigenvalue weighted by Gasteiger charge is -2.05. The third-order valence-corrected chi connectivity index (χ3v) is 4.17. The van der Waals surface area contributed by atoms with Crippen molar-refractivity contribution in [3.05, 3.63) is 52.9 Å². The van der Waals surface area contributed by atoms with Crippen LogP contribution in [0.5, 0.6) is 0 Å². The molecule has 8 nitrogen and oxygen atoms in total. The highest BCUT2D eigenvalue weighted by atomic mass is 32.1. The molecule has 3 rings (SSSR count). The molecule has 1 N–H and O–H groups in total. The van der Waals surface area contributed by atoms with Crippen molar-refractivity contribution >= 4 is 28.3 Å². The predicted octanol–water partition coefficient (Wildman–Crippen LogP) is 2.14. The van der Waals surface area contributed by atoms with Crippen LogP contribution in [-0.4, -0.2) is 38.2 Å². The van der Waals surface area contributed by atoms with Gasteiger partial charge in [-0.25, -0.2) is 19.4 Å². The van der Waals surface area contributed by atoms with E-state index in [0.29, 0.717) is 16.6 Å². The molecule has 3 aromatic heterocycles. The maximum atomic E-state index is 12.2. The first kappa shape index (κ1) is 16.8. The number of aryl methyl sites for hydroxylation is 1. The smallest absolute Gasteiger partial charge is 0.342 e. The van der Waals surface area contributed by atoms with Crippen molar-refractivity contribution in [2.75, 3.05) is 11.9 Å². The van der Waals surface area contributed by atoms with E-state index in [2.05, 4.69) is 20.4 Å². The summed E-state index contributed by atoms with van der Waals surface area (Å²) < 4.78 is 6.59. The fourth-order valence-corrected chi connectivity index (χ4v) is 2.80. The molecule has 0 saturated carbocycles. The Morgan fingerprint density at radius 3 is 2.84 bits per heavy atom. The summed E-state index contributed by atoms with van der Waals surface area (Å²) in [7, 11) is 0. The Morgan fingerprint density at radius 2 is 2.16 bits per heavy atom. The number of nitrogens with one attached hydrogen (secondary N) is 1. The van der Waals surface area contributed by atoms with Crippen LogP contribution in [0.1, 0.15) is 21.7 Å². The van der Waals surface area contributed by atoms with Gasteiger partial charge in [0.25, 0.3) is 5.91 Å². The standard InChI is InChI=1S/C16H15N5O3S/c1-10-9-25-16(19-10)20-14(22)8-24-15(23)12-7-18-21(11(12)2)13-5-3-4-6-17-13/h3-7,9H,8H2,1-2H3,(H,19,20,22). The molecule has 0 radical (unpaired) electrons. The highest BCUT2D eigenvalue weighted by Crippen LogP contribution is 2.15. The van der Waals surface area contributed by atoms with Crippen molar-refractivity contribution in [2.45, 2.75) is 13.8 Å². The molecule has 1 amide bonds. The summed E-state index contributed by atoms with van der Waals surface area (Å²) in [6.45, 7) is 3.16. The van der Waals surface area contributed by atoms with Crippen molar-refractivity contribution < 1.29 is 14.3 Å². The molecule has 3 heterocycles. The Balaban J connectivity index is 1.62. The van der Waals surface area contributed by atoms with Crippen molar-refractivity contribution in [1.29, 1.82) is 0 Å². The highest BCUT2D eigenvalue weighted by molar-refractivity contribution is 7.13.